The van der Waals surface area contributed by atoms with Gasteiger partial charge in [0.25, 0.3) is 0 Å². The van der Waals surface area contributed by atoms with Gasteiger partial charge in [-0.15, -0.1) is 0 Å². The summed E-state index contributed by atoms with van der Waals surface area (Å²) in [4.78, 5) is 25.2. The summed E-state index contributed by atoms with van der Waals surface area (Å²) in [6, 6.07) is 7.50. The third-order valence-electron chi connectivity index (χ3n) is 3.40. The van der Waals surface area contributed by atoms with Crippen LogP contribution in [0.4, 0.5) is 0 Å². The number of ether oxygens (including phenoxy) is 1. The van der Waals surface area contributed by atoms with Crippen LogP contribution in [0.3, 0.4) is 0 Å². The molecule has 1 saturated heterocycles. The van der Waals surface area contributed by atoms with E-state index in [1.165, 1.54) is 4.90 Å². The Hall–Kier alpha value is -1.44. The lowest BCUT2D eigenvalue weighted by molar-refractivity contribution is -0.140. The summed E-state index contributed by atoms with van der Waals surface area (Å²) >= 11 is 3.35. The number of benzene rings is 1. The fraction of sp³-hybridized carbons (Fsp3) is 0.429. The van der Waals surface area contributed by atoms with Crippen LogP contribution in [0.2, 0.25) is 0 Å². The average molecular weight is 356 g/mol. The van der Waals surface area contributed by atoms with Crippen LogP contribution in [0.1, 0.15) is 12.0 Å². The third-order valence-corrected chi connectivity index (χ3v) is 3.93. The lowest BCUT2D eigenvalue weighted by atomic mass is 9.98. The van der Waals surface area contributed by atoms with Gasteiger partial charge in [0, 0.05) is 17.6 Å². The molecular formula is C14H18BrN3O3. The van der Waals surface area contributed by atoms with Gasteiger partial charge in [0.2, 0.25) is 11.8 Å². The van der Waals surface area contributed by atoms with Gasteiger partial charge in [-0.1, -0.05) is 28.1 Å². The highest BCUT2D eigenvalue weighted by Gasteiger charge is 2.41. The van der Waals surface area contributed by atoms with Gasteiger partial charge >= 0.3 is 0 Å². The SMILES string of the molecule is NC(=O)CN(Cc1ccc(Br)cc1)C(=O)C1(N)CCOC1. The zero-order chi connectivity index (χ0) is 15.5. The first-order chi connectivity index (χ1) is 9.90. The Balaban J connectivity index is 2.15. The quantitative estimate of drug-likeness (QED) is 0.797. The summed E-state index contributed by atoms with van der Waals surface area (Å²) in [7, 11) is 0. The first kappa shape index (κ1) is 15.9. The standard InChI is InChI=1S/C14H18BrN3O3/c15-11-3-1-10(2-4-11)7-18(8-12(16)19)13(20)14(17)5-6-21-9-14/h1-4H,5-9,17H2,(H2,16,19). The van der Waals surface area contributed by atoms with Crippen LogP contribution in [0.5, 0.6) is 0 Å². The number of hydrogen-bond donors (Lipinski definition) is 2. The molecule has 0 aromatic heterocycles. The molecule has 1 heterocycles. The van der Waals surface area contributed by atoms with E-state index in [0.717, 1.165) is 10.0 Å². The van der Waals surface area contributed by atoms with Crippen molar-refractivity contribution in [2.45, 2.75) is 18.5 Å². The number of nitrogens with zero attached hydrogens (tertiary/aromatic N) is 1. The Bertz CT molecular complexity index is 527. The molecule has 0 bridgehead atoms. The average Bonchev–Trinajstić information content (AvgIpc) is 2.87. The molecular weight excluding hydrogens is 338 g/mol. The minimum absolute atomic E-state index is 0.159. The second-order valence-corrected chi connectivity index (χ2v) is 6.13. The number of carbonyl (C=O) groups is 2. The molecule has 1 atom stereocenters. The van der Waals surface area contributed by atoms with E-state index in [4.69, 9.17) is 16.2 Å². The van der Waals surface area contributed by atoms with E-state index in [9.17, 15) is 9.59 Å². The molecule has 1 aromatic carbocycles. The van der Waals surface area contributed by atoms with E-state index in [-0.39, 0.29) is 25.6 Å². The van der Waals surface area contributed by atoms with Crippen LogP contribution < -0.4 is 11.5 Å². The smallest absolute Gasteiger partial charge is 0.245 e. The predicted octanol–water partition coefficient (Wildman–Crippen LogP) is 0.381. The molecule has 0 saturated carbocycles. The highest BCUT2D eigenvalue weighted by molar-refractivity contribution is 9.10. The second-order valence-electron chi connectivity index (χ2n) is 5.21. The minimum Gasteiger partial charge on any atom is -0.379 e. The van der Waals surface area contributed by atoms with Crippen LogP contribution in [-0.2, 0) is 20.9 Å². The fourth-order valence-corrected chi connectivity index (χ4v) is 2.53. The van der Waals surface area contributed by atoms with Crippen molar-refractivity contribution in [3.63, 3.8) is 0 Å². The van der Waals surface area contributed by atoms with Gasteiger partial charge in [-0.05, 0) is 24.1 Å². The second kappa shape index (κ2) is 6.55. The summed E-state index contributed by atoms with van der Waals surface area (Å²) in [5.74, 6) is -0.871. The lowest BCUT2D eigenvalue weighted by Crippen LogP contribution is -2.57. The molecule has 1 unspecified atom stereocenters. The van der Waals surface area contributed by atoms with Gasteiger partial charge in [0.15, 0.2) is 0 Å². The van der Waals surface area contributed by atoms with Crippen molar-refractivity contribution < 1.29 is 14.3 Å². The zero-order valence-corrected chi connectivity index (χ0v) is 13.1. The maximum atomic E-state index is 12.6. The van der Waals surface area contributed by atoms with E-state index < -0.39 is 11.4 Å². The van der Waals surface area contributed by atoms with Gasteiger partial charge in [0.05, 0.1) is 13.2 Å². The van der Waals surface area contributed by atoms with E-state index in [1.807, 2.05) is 24.3 Å². The van der Waals surface area contributed by atoms with Crippen LogP contribution in [0.15, 0.2) is 28.7 Å². The van der Waals surface area contributed by atoms with Gasteiger partial charge in [-0.3, -0.25) is 9.59 Å². The molecule has 1 aromatic rings. The molecule has 1 fully saturated rings. The maximum Gasteiger partial charge on any atom is 0.245 e. The zero-order valence-electron chi connectivity index (χ0n) is 11.5. The van der Waals surface area contributed by atoms with Crippen LogP contribution in [-0.4, -0.2) is 42.0 Å². The number of carbonyl (C=O) groups excluding carboxylic acids is 2. The van der Waals surface area contributed by atoms with Crippen molar-refractivity contribution in [2.75, 3.05) is 19.8 Å². The monoisotopic (exact) mass is 355 g/mol. The topological polar surface area (TPSA) is 98.7 Å². The van der Waals surface area contributed by atoms with Crippen molar-refractivity contribution >= 4 is 27.7 Å². The fourth-order valence-electron chi connectivity index (χ4n) is 2.26. The summed E-state index contributed by atoms with van der Waals surface area (Å²) in [5, 5.41) is 0. The van der Waals surface area contributed by atoms with Crippen molar-refractivity contribution in [1.29, 1.82) is 0 Å². The number of amides is 2. The summed E-state index contributed by atoms with van der Waals surface area (Å²) in [5.41, 5.74) is 11.2. The van der Waals surface area contributed by atoms with E-state index in [0.29, 0.717) is 13.0 Å². The number of nitrogens with two attached hydrogens (primary N) is 2. The van der Waals surface area contributed by atoms with Gasteiger partial charge < -0.3 is 21.1 Å². The lowest BCUT2D eigenvalue weighted by Gasteiger charge is -2.29. The Morgan fingerprint density at radius 3 is 2.52 bits per heavy atom. The first-order valence-electron chi connectivity index (χ1n) is 6.59. The summed E-state index contributed by atoms with van der Waals surface area (Å²) < 4.78 is 6.15. The molecule has 1 aliphatic heterocycles. The van der Waals surface area contributed by atoms with Crippen LogP contribution in [0, 0.1) is 0 Å². The molecule has 2 rings (SSSR count). The summed E-state index contributed by atoms with van der Waals surface area (Å²) in [6.45, 7) is 0.744. The number of halogens is 1. The van der Waals surface area contributed by atoms with Crippen molar-refractivity contribution in [3.05, 3.63) is 34.3 Å². The number of primary amides is 1. The van der Waals surface area contributed by atoms with Crippen molar-refractivity contribution in [1.82, 2.24) is 4.90 Å². The highest BCUT2D eigenvalue weighted by Crippen LogP contribution is 2.20. The first-order valence-corrected chi connectivity index (χ1v) is 7.39. The number of hydrogen-bond acceptors (Lipinski definition) is 4. The molecule has 4 N–H and O–H groups in total. The van der Waals surface area contributed by atoms with E-state index in [2.05, 4.69) is 15.9 Å². The predicted molar refractivity (Wildman–Crippen MR) is 81.1 cm³/mol. The normalized spacial score (nSPS) is 21.2. The van der Waals surface area contributed by atoms with Gasteiger partial charge in [0.1, 0.15) is 5.54 Å². The molecule has 0 aliphatic carbocycles. The largest absolute Gasteiger partial charge is 0.379 e. The molecule has 2 amide bonds. The Kier molecular flexibility index (Phi) is 4.97. The van der Waals surface area contributed by atoms with Gasteiger partial charge in [-0.25, -0.2) is 0 Å². The van der Waals surface area contributed by atoms with Gasteiger partial charge in [-0.2, -0.15) is 0 Å². The molecule has 7 heteroatoms. The molecule has 0 radical (unpaired) electrons. The summed E-state index contributed by atoms with van der Waals surface area (Å²) in [6.07, 6.45) is 0.446. The Morgan fingerprint density at radius 2 is 2.00 bits per heavy atom. The molecule has 6 nitrogen and oxygen atoms in total. The van der Waals surface area contributed by atoms with Crippen LogP contribution in [0.25, 0.3) is 0 Å². The molecule has 1 aliphatic rings. The molecule has 114 valence electrons. The highest BCUT2D eigenvalue weighted by atomic mass is 79.9. The minimum atomic E-state index is -1.06. The van der Waals surface area contributed by atoms with Crippen LogP contribution >= 0.6 is 15.9 Å². The van der Waals surface area contributed by atoms with E-state index in [1.54, 1.807) is 0 Å². The molecule has 0 spiro atoms. The maximum absolute atomic E-state index is 12.6. The Labute approximate surface area is 131 Å². The molecule has 21 heavy (non-hydrogen) atoms. The van der Waals surface area contributed by atoms with Crippen molar-refractivity contribution in [2.24, 2.45) is 11.5 Å². The Morgan fingerprint density at radius 1 is 1.33 bits per heavy atom. The van der Waals surface area contributed by atoms with E-state index >= 15 is 0 Å². The number of rotatable bonds is 5. The third kappa shape index (κ3) is 4.03. The van der Waals surface area contributed by atoms with Crippen molar-refractivity contribution in [3.8, 4) is 0 Å².